The van der Waals surface area contributed by atoms with Gasteiger partial charge in [-0.25, -0.2) is 4.79 Å². The molecule has 3 amide bonds. The second-order valence-corrected chi connectivity index (χ2v) is 5.77. The lowest BCUT2D eigenvalue weighted by molar-refractivity contribution is -0.131. The number of benzene rings is 2. The number of amides is 3. The number of hydrogen-bond donors (Lipinski definition) is 1. The van der Waals surface area contributed by atoms with Gasteiger partial charge in [-0.15, -0.1) is 5.01 Å². The molecule has 3 rings (SSSR count). The van der Waals surface area contributed by atoms with Gasteiger partial charge >= 0.3 is 6.03 Å². The minimum Gasteiger partial charge on any atom is -0.318 e. The molecule has 0 bridgehead atoms. The number of nitrogens with one attached hydrogen (secondary N) is 1. The van der Waals surface area contributed by atoms with Gasteiger partial charge in [0, 0.05) is 5.02 Å². The van der Waals surface area contributed by atoms with Crippen molar-refractivity contribution >= 4 is 29.8 Å². The van der Waals surface area contributed by atoms with E-state index in [2.05, 4.69) is 10.4 Å². The Kier molecular flexibility index (Phi) is 3.88. The van der Waals surface area contributed by atoms with E-state index in [0.717, 1.165) is 10.6 Å². The Morgan fingerprint density at radius 3 is 2.39 bits per heavy atom. The zero-order valence-electron chi connectivity index (χ0n) is 12.4. The summed E-state index contributed by atoms with van der Waals surface area (Å²) in [4.78, 5) is 24.7. The van der Waals surface area contributed by atoms with Crippen LogP contribution in [0.15, 0.2) is 59.7 Å². The molecule has 1 N–H and O–H groups in total. The van der Waals surface area contributed by atoms with Crippen molar-refractivity contribution in [1.82, 2.24) is 10.3 Å². The third-order valence-corrected chi connectivity index (χ3v) is 3.96. The Morgan fingerprint density at radius 2 is 1.74 bits per heavy atom. The maximum atomic E-state index is 12.6. The maximum absolute atomic E-state index is 12.6. The summed E-state index contributed by atoms with van der Waals surface area (Å²) in [5.74, 6) is -0.418. The number of imide groups is 1. The van der Waals surface area contributed by atoms with Crippen LogP contribution in [0.1, 0.15) is 18.1 Å². The van der Waals surface area contributed by atoms with Gasteiger partial charge in [0.1, 0.15) is 5.54 Å². The molecule has 5 nitrogen and oxygen atoms in total. The number of hydrazone groups is 1. The highest BCUT2D eigenvalue weighted by Crippen LogP contribution is 2.28. The summed E-state index contributed by atoms with van der Waals surface area (Å²) in [5, 5.41) is 8.16. The molecule has 1 aliphatic heterocycles. The fourth-order valence-corrected chi connectivity index (χ4v) is 2.50. The summed E-state index contributed by atoms with van der Waals surface area (Å²) in [6.45, 7) is 1.67. The summed E-state index contributed by atoms with van der Waals surface area (Å²) < 4.78 is 0. The van der Waals surface area contributed by atoms with Crippen molar-refractivity contribution in [2.45, 2.75) is 12.5 Å². The Balaban J connectivity index is 1.86. The van der Waals surface area contributed by atoms with Crippen molar-refractivity contribution in [3.05, 3.63) is 70.7 Å². The van der Waals surface area contributed by atoms with E-state index in [4.69, 9.17) is 11.6 Å². The molecule has 2 aromatic carbocycles. The largest absolute Gasteiger partial charge is 0.346 e. The normalized spacial score (nSPS) is 21.0. The molecule has 1 fully saturated rings. The van der Waals surface area contributed by atoms with Crippen molar-refractivity contribution in [3.63, 3.8) is 0 Å². The van der Waals surface area contributed by atoms with E-state index in [-0.39, 0.29) is 0 Å². The number of halogens is 1. The van der Waals surface area contributed by atoms with Gasteiger partial charge in [-0.1, -0.05) is 54.1 Å². The molecular weight excluding hydrogens is 314 g/mol. The lowest BCUT2D eigenvalue weighted by atomic mass is 9.92. The van der Waals surface area contributed by atoms with Gasteiger partial charge < -0.3 is 5.32 Å². The van der Waals surface area contributed by atoms with E-state index in [9.17, 15) is 9.59 Å². The molecule has 1 heterocycles. The van der Waals surface area contributed by atoms with Crippen LogP contribution in [-0.4, -0.2) is 23.2 Å². The summed E-state index contributed by atoms with van der Waals surface area (Å²) >= 11 is 5.82. The standard InChI is InChI=1S/C17H14ClN3O2/c1-17(13-5-3-2-4-6-13)15(22)21(16(23)20-17)19-11-12-7-9-14(18)10-8-12/h2-11H,1H3,(H,20,23)/b19-11-/t17-/m0/s1. The predicted octanol–water partition coefficient (Wildman–Crippen LogP) is 3.14. The summed E-state index contributed by atoms with van der Waals surface area (Å²) in [6.07, 6.45) is 1.45. The van der Waals surface area contributed by atoms with Crippen molar-refractivity contribution in [2.24, 2.45) is 5.10 Å². The lowest BCUT2D eigenvalue weighted by Gasteiger charge is -2.20. The van der Waals surface area contributed by atoms with Crippen LogP contribution in [0.25, 0.3) is 0 Å². The number of carbonyl (C=O) groups excluding carboxylic acids is 2. The fraction of sp³-hybridized carbons (Fsp3) is 0.118. The third kappa shape index (κ3) is 2.83. The highest BCUT2D eigenvalue weighted by molar-refractivity contribution is 6.30. The van der Waals surface area contributed by atoms with Gasteiger partial charge in [0.05, 0.1) is 6.21 Å². The molecule has 0 unspecified atom stereocenters. The molecule has 6 heteroatoms. The Hall–Kier alpha value is -2.66. The van der Waals surface area contributed by atoms with Crippen LogP contribution < -0.4 is 5.32 Å². The van der Waals surface area contributed by atoms with Crippen molar-refractivity contribution in [1.29, 1.82) is 0 Å². The van der Waals surface area contributed by atoms with Crippen molar-refractivity contribution < 1.29 is 9.59 Å². The first-order chi connectivity index (χ1) is 11.0. The Morgan fingerprint density at radius 1 is 1.09 bits per heavy atom. The summed E-state index contributed by atoms with van der Waals surface area (Å²) in [6, 6.07) is 15.5. The topological polar surface area (TPSA) is 61.8 Å². The molecule has 0 saturated carbocycles. The van der Waals surface area contributed by atoms with Crippen LogP contribution in [0.2, 0.25) is 5.02 Å². The van der Waals surface area contributed by atoms with E-state index in [1.165, 1.54) is 6.21 Å². The summed E-state index contributed by atoms with van der Waals surface area (Å²) in [7, 11) is 0. The zero-order valence-corrected chi connectivity index (χ0v) is 13.1. The first-order valence-corrected chi connectivity index (χ1v) is 7.40. The first kappa shape index (κ1) is 15.2. The molecule has 0 aromatic heterocycles. The number of nitrogens with zero attached hydrogens (tertiary/aromatic N) is 2. The van der Waals surface area contributed by atoms with Gasteiger partial charge in [-0.3, -0.25) is 4.79 Å². The maximum Gasteiger partial charge on any atom is 0.346 e. The molecule has 1 atom stereocenters. The van der Waals surface area contributed by atoms with Crippen molar-refractivity contribution in [3.8, 4) is 0 Å². The second-order valence-electron chi connectivity index (χ2n) is 5.33. The Labute approximate surface area is 138 Å². The molecule has 2 aromatic rings. The molecule has 116 valence electrons. The first-order valence-electron chi connectivity index (χ1n) is 7.02. The third-order valence-electron chi connectivity index (χ3n) is 3.71. The minimum atomic E-state index is -1.12. The number of urea groups is 1. The highest BCUT2D eigenvalue weighted by atomic mass is 35.5. The average molecular weight is 328 g/mol. The highest BCUT2D eigenvalue weighted by Gasteiger charge is 2.49. The van der Waals surface area contributed by atoms with Gasteiger partial charge in [-0.05, 0) is 30.2 Å². The van der Waals surface area contributed by atoms with Crippen molar-refractivity contribution in [2.75, 3.05) is 0 Å². The van der Waals surface area contributed by atoms with Crippen LogP contribution in [0, 0.1) is 0 Å². The second kappa shape index (κ2) is 5.85. The zero-order chi connectivity index (χ0) is 16.4. The SMILES string of the molecule is C[C@@]1(c2ccccc2)NC(=O)N(/N=C\c2ccc(Cl)cc2)C1=O. The number of carbonyl (C=O) groups is 2. The lowest BCUT2D eigenvalue weighted by Crippen LogP contribution is -2.40. The van der Waals surface area contributed by atoms with Crippen LogP contribution in [-0.2, 0) is 10.3 Å². The van der Waals surface area contributed by atoms with Gasteiger partial charge in [0.2, 0.25) is 0 Å². The van der Waals surface area contributed by atoms with E-state index >= 15 is 0 Å². The van der Waals surface area contributed by atoms with Crippen LogP contribution in [0.4, 0.5) is 4.79 Å². The summed E-state index contributed by atoms with van der Waals surface area (Å²) in [5.41, 5.74) is 0.334. The van der Waals surface area contributed by atoms with Crippen LogP contribution in [0.5, 0.6) is 0 Å². The van der Waals surface area contributed by atoms with Crippen LogP contribution >= 0.6 is 11.6 Å². The van der Waals surface area contributed by atoms with E-state index in [0.29, 0.717) is 10.6 Å². The smallest absolute Gasteiger partial charge is 0.318 e. The molecule has 0 spiro atoms. The fourth-order valence-electron chi connectivity index (χ4n) is 2.37. The monoisotopic (exact) mass is 327 g/mol. The van der Waals surface area contributed by atoms with E-state index in [1.807, 2.05) is 18.2 Å². The molecular formula is C17H14ClN3O2. The van der Waals surface area contributed by atoms with E-state index in [1.54, 1.807) is 43.3 Å². The van der Waals surface area contributed by atoms with Crippen LogP contribution in [0.3, 0.4) is 0 Å². The molecule has 0 aliphatic carbocycles. The molecule has 23 heavy (non-hydrogen) atoms. The van der Waals surface area contributed by atoms with Gasteiger partial charge in [-0.2, -0.15) is 5.10 Å². The van der Waals surface area contributed by atoms with Gasteiger partial charge in [0.25, 0.3) is 5.91 Å². The number of hydrogen-bond acceptors (Lipinski definition) is 3. The number of rotatable bonds is 3. The molecule has 1 saturated heterocycles. The average Bonchev–Trinajstić information content (AvgIpc) is 2.78. The Bertz CT molecular complexity index is 774. The minimum absolute atomic E-state index is 0.418. The quantitative estimate of drug-likeness (QED) is 0.695. The van der Waals surface area contributed by atoms with Gasteiger partial charge in [0.15, 0.2) is 0 Å². The molecule has 1 aliphatic rings. The van der Waals surface area contributed by atoms with E-state index < -0.39 is 17.5 Å². The molecule has 0 radical (unpaired) electrons. The predicted molar refractivity (Wildman–Crippen MR) is 88.2 cm³/mol.